The van der Waals surface area contributed by atoms with Crippen LogP contribution in [0.3, 0.4) is 0 Å². The van der Waals surface area contributed by atoms with Gasteiger partial charge in [0.05, 0.1) is 24.2 Å². The molecule has 1 aromatic heterocycles. The van der Waals surface area contributed by atoms with Crippen LogP contribution in [0, 0.1) is 5.92 Å². The molecule has 18 heavy (non-hydrogen) atoms. The van der Waals surface area contributed by atoms with Gasteiger partial charge in [0.1, 0.15) is 0 Å². The van der Waals surface area contributed by atoms with Gasteiger partial charge in [0.25, 0.3) is 0 Å². The first-order valence-electron chi connectivity index (χ1n) is 6.92. The molecule has 0 aromatic carbocycles. The minimum Gasteiger partial charge on any atom is -0.472 e. The molecule has 0 unspecified atom stereocenters. The second-order valence-corrected chi connectivity index (χ2v) is 6.39. The molecule has 3 nitrogen and oxygen atoms in total. The number of hydrogen-bond donors (Lipinski definition) is 0. The smallest absolute Gasteiger partial charge is 0.198 e. The second-order valence-electron chi connectivity index (χ2n) is 6.39. The lowest BCUT2D eigenvalue weighted by Gasteiger charge is -2.42. The first-order valence-corrected chi connectivity index (χ1v) is 6.92. The summed E-state index contributed by atoms with van der Waals surface area (Å²) in [6.07, 6.45) is 7.83. The van der Waals surface area contributed by atoms with Crippen molar-refractivity contribution in [2.75, 3.05) is 0 Å². The molecule has 3 heteroatoms. The predicted octanol–water partition coefficient (Wildman–Crippen LogP) is 3.84. The molecule has 100 valence electrons. The SMILES string of the molecule is CC(C)C[C@@H]1C[C@@]2(C)CC[C@@](c3ccoc3)(O1)O2. The quantitative estimate of drug-likeness (QED) is 0.817. The number of fused-ring (bicyclic) bond motifs is 2. The van der Waals surface area contributed by atoms with Crippen LogP contribution in [0.2, 0.25) is 0 Å². The van der Waals surface area contributed by atoms with E-state index in [1.165, 1.54) is 0 Å². The lowest BCUT2D eigenvalue weighted by molar-refractivity contribution is -0.321. The minimum atomic E-state index is -0.556. The van der Waals surface area contributed by atoms with E-state index in [-0.39, 0.29) is 5.60 Å². The standard InChI is InChI=1S/C15H22O3/c1-11(2)8-13-9-14(3)5-6-15(17-13,18-14)12-4-7-16-10-12/h4,7,10-11,13H,5-6,8-9H2,1-3H3/t13-,14-,15-/m1/s1. The van der Waals surface area contributed by atoms with Gasteiger partial charge in [0.15, 0.2) is 5.79 Å². The van der Waals surface area contributed by atoms with Crippen molar-refractivity contribution in [3.63, 3.8) is 0 Å². The molecule has 2 aliphatic heterocycles. The van der Waals surface area contributed by atoms with E-state index >= 15 is 0 Å². The highest BCUT2D eigenvalue weighted by molar-refractivity contribution is 5.18. The molecule has 3 rings (SSSR count). The molecule has 2 aliphatic rings. The number of furan rings is 1. The Balaban J connectivity index is 1.87. The van der Waals surface area contributed by atoms with E-state index in [1.54, 1.807) is 12.5 Å². The molecule has 0 spiro atoms. The zero-order valence-corrected chi connectivity index (χ0v) is 11.4. The van der Waals surface area contributed by atoms with Crippen molar-refractivity contribution >= 4 is 0 Å². The maximum atomic E-state index is 6.30. The number of hydrogen-bond acceptors (Lipinski definition) is 3. The van der Waals surface area contributed by atoms with Crippen LogP contribution in [0.1, 0.15) is 52.0 Å². The molecule has 3 atom stereocenters. The predicted molar refractivity (Wildman–Crippen MR) is 68.1 cm³/mol. The monoisotopic (exact) mass is 250 g/mol. The summed E-state index contributed by atoms with van der Waals surface area (Å²) >= 11 is 0. The van der Waals surface area contributed by atoms with E-state index in [0.717, 1.165) is 31.2 Å². The molecule has 1 aromatic rings. The Morgan fingerprint density at radius 1 is 1.39 bits per heavy atom. The van der Waals surface area contributed by atoms with Gasteiger partial charge in [-0.15, -0.1) is 0 Å². The van der Waals surface area contributed by atoms with Crippen molar-refractivity contribution in [3.8, 4) is 0 Å². The molecule has 0 N–H and O–H groups in total. The Morgan fingerprint density at radius 2 is 2.22 bits per heavy atom. The maximum absolute atomic E-state index is 6.30. The highest BCUT2D eigenvalue weighted by Gasteiger charge is 2.55. The summed E-state index contributed by atoms with van der Waals surface area (Å²) in [6.45, 7) is 6.70. The van der Waals surface area contributed by atoms with Gasteiger partial charge in [0, 0.05) is 18.4 Å². The van der Waals surface area contributed by atoms with E-state index in [0.29, 0.717) is 12.0 Å². The summed E-state index contributed by atoms with van der Waals surface area (Å²) in [5.41, 5.74) is 0.995. The Labute approximate surface area is 108 Å². The average Bonchev–Trinajstić information content (AvgIpc) is 2.85. The summed E-state index contributed by atoms with van der Waals surface area (Å²) < 4.78 is 17.8. The summed E-state index contributed by atoms with van der Waals surface area (Å²) in [6, 6.07) is 1.96. The van der Waals surface area contributed by atoms with Crippen molar-refractivity contribution in [1.29, 1.82) is 0 Å². The molecular weight excluding hydrogens is 228 g/mol. The Morgan fingerprint density at radius 3 is 2.89 bits per heavy atom. The maximum Gasteiger partial charge on any atom is 0.198 e. The lowest BCUT2D eigenvalue weighted by atomic mass is 9.92. The highest BCUT2D eigenvalue weighted by atomic mass is 16.7. The lowest BCUT2D eigenvalue weighted by Crippen LogP contribution is -2.45. The molecule has 0 amide bonds. The second kappa shape index (κ2) is 4.10. The first kappa shape index (κ1) is 12.2. The Hall–Kier alpha value is -0.800. The zero-order valence-electron chi connectivity index (χ0n) is 11.4. The molecule has 2 fully saturated rings. The van der Waals surface area contributed by atoms with Gasteiger partial charge >= 0.3 is 0 Å². The van der Waals surface area contributed by atoms with Gasteiger partial charge in [-0.3, -0.25) is 0 Å². The Bertz CT molecular complexity index is 411. The molecular formula is C15H22O3. The molecule has 2 saturated heterocycles. The van der Waals surface area contributed by atoms with Gasteiger partial charge in [-0.2, -0.15) is 0 Å². The topological polar surface area (TPSA) is 31.6 Å². The minimum absolute atomic E-state index is 0.0327. The fraction of sp³-hybridized carbons (Fsp3) is 0.733. The summed E-state index contributed by atoms with van der Waals surface area (Å²) in [4.78, 5) is 0. The molecule has 2 bridgehead atoms. The van der Waals surface area contributed by atoms with Gasteiger partial charge in [0.2, 0.25) is 0 Å². The zero-order chi connectivity index (χ0) is 12.8. The van der Waals surface area contributed by atoms with Crippen LogP contribution in [0.25, 0.3) is 0 Å². The van der Waals surface area contributed by atoms with Crippen LogP contribution < -0.4 is 0 Å². The highest BCUT2D eigenvalue weighted by Crippen LogP contribution is 2.52. The van der Waals surface area contributed by atoms with Crippen LogP contribution in [-0.4, -0.2) is 11.7 Å². The van der Waals surface area contributed by atoms with Crippen molar-refractivity contribution in [2.24, 2.45) is 5.92 Å². The fourth-order valence-electron chi connectivity index (χ4n) is 3.36. The molecule has 0 aliphatic carbocycles. The van der Waals surface area contributed by atoms with Crippen molar-refractivity contribution in [1.82, 2.24) is 0 Å². The van der Waals surface area contributed by atoms with Crippen LogP contribution >= 0.6 is 0 Å². The third-order valence-corrected chi connectivity index (χ3v) is 4.11. The van der Waals surface area contributed by atoms with Crippen LogP contribution in [0.5, 0.6) is 0 Å². The first-order chi connectivity index (χ1) is 8.51. The normalized spacial score (nSPS) is 39.4. The summed E-state index contributed by atoms with van der Waals surface area (Å²) in [5.74, 6) is 0.0945. The summed E-state index contributed by atoms with van der Waals surface area (Å²) in [7, 11) is 0. The van der Waals surface area contributed by atoms with Crippen LogP contribution in [-0.2, 0) is 15.3 Å². The molecule has 0 radical (unpaired) electrons. The van der Waals surface area contributed by atoms with E-state index in [9.17, 15) is 0 Å². The largest absolute Gasteiger partial charge is 0.472 e. The third-order valence-electron chi connectivity index (χ3n) is 4.11. The van der Waals surface area contributed by atoms with Crippen molar-refractivity contribution < 1.29 is 13.9 Å². The van der Waals surface area contributed by atoms with Crippen molar-refractivity contribution in [3.05, 3.63) is 24.2 Å². The van der Waals surface area contributed by atoms with Gasteiger partial charge in [-0.25, -0.2) is 0 Å². The number of rotatable bonds is 3. The molecule has 0 saturated carbocycles. The fourth-order valence-corrected chi connectivity index (χ4v) is 3.36. The van der Waals surface area contributed by atoms with E-state index < -0.39 is 5.79 Å². The van der Waals surface area contributed by atoms with Crippen molar-refractivity contribution in [2.45, 2.75) is 63.9 Å². The number of ether oxygens (including phenoxy) is 2. The average molecular weight is 250 g/mol. The van der Waals surface area contributed by atoms with Gasteiger partial charge in [-0.05, 0) is 31.7 Å². The Kier molecular flexibility index (Phi) is 2.79. The van der Waals surface area contributed by atoms with E-state index in [4.69, 9.17) is 13.9 Å². The third kappa shape index (κ3) is 1.99. The van der Waals surface area contributed by atoms with Gasteiger partial charge < -0.3 is 13.9 Å². The van der Waals surface area contributed by atoms with E-state index in [2.05, 4.69) is 20.8 Å². The van der Waals surface area contributed by atoms with Crippen LogP contribution in [0.15, 0.2) is 23.0 Å². The van der Waals surface area contributed by atoms with E-state index in [1.807, 2.05) is 6.07 Å². The summed E-state index contributed by atoms with van der Waals surface area (Å²) in [5, 5.41) is 0. The molecule has 3 heterocycles. The van der Waals surface area contributed by atoms with Crippen LogP contribution in [0.4, 0.5) is 0 Å². The van der Waals surface area contributed by atoms with Gasteiger partial charge in [-0.1, -0.05) is 13.8 Å².